The summed E-state index contributed by atoms with van der Waals surface area (Å²) in [6, 6.07) is 8.43. The number of aliphatic carboxylic acids is 1. The predicted octanol–water partition coefficient (Wildman–Crippen LogP) is 0.827. The average molecular weight is 344 g/mol. The Morgan fingerprint density at radius 3 is 1.68 bits per heavy atom. The van der Waals surface area contributed by atoms with E-state index in [4.69, 9.17) is 0 Å². The number of phenols is 2. The van der Waals surface area contributed by atoms with Crippen molar-refractivity contribution in [2.24, 2.45) is 0 Å². The third-order valence-corrected chi connectivity index (χ3v) is 3.48. The van der Waals surface area contributed by atoms with Crippen LogP contribution in [-0.2, 0) is 14.4 Å². The lowest BCUT2D eigenvalue weighted by Gasteiger charge is -2.20. The van der Waals surface area contributed by atoms with Gasteiger partial charge in [-0.05, 0) is 35.4 Å². The van der Waals surface area contributed by atoms with E-state index in [1.807, 2.05) is 0 Å². The van der Waals surface area contributed by atoms with Crippen LogP contribution in [0, 0.1) is 0 Å². The Morgan fingerprint density at radius 1 is 0.840 bits per heavy atom. The van der Waals surface area contributed by atoms with Gasteiger partial charge in [-0.3, -0.25) is 9.59 Å². The Labute approximate surface area is 142 Å². The predicted molar refractivity (Wildman–Crippen MR) is 86.7 cm³/mol. The van der Waals surface area contributed by atoms with E-state index in [2.05, 4.69) is 10.6 Å². The standard InChI is InChI=1S/C17H16N2O6/c20-9-18-14(10-1-5-12(21)6-2-10)16(23)19-15(17(24)25)11-3-7-13(22)8-4-11/h1-9,14-15,21-22H,(H,18,20)(H,19,23)(H,24,25). The summed E-state index contributed by atoms with van der Waals surface area (Å²) < 4.78 is 0. The number of nitrogens with one attached hydrogen (secondary N) is 2. The van der Waals surface area contributed by atoms with Crippen molar-refractivity contribution in [1.82, 2.24) is 10.6 Å². The van der Waals surface area contributed by atoms with E-state index in [0.717, 1.165) is 0 Å². The number of benzene rings is 2. The molecule has 25 heavy (non-hydrogen) atoms. The summed E-state index contributed by atoms with van der Waals surface area (Å²) in [6.07, 6.45) is 0.327. The third-order valence-electron chi connectivity index (χ3n) is 3.48. The molecule has 130 valence electrons. The van der Waals surface area contributed by atoms with Gasteiger partial charge < -0.3 is 26.0 Å². The normalized spacial score (nSPS) is 12.6. The molecule has 0 aliphatic rings. The molecule has 2 rings (SSSR count). The van der Waals surface area contributed by atoms with Crippen LogP contribution >= 0.6 is 0 Å². The van der Waals surface area contributed by atoms with Crippen LogP contribution < -0.4 is 10.6 Å². The summed E-state index contributed by atoms with van der Waals surface area (Å²) in [5.41, 5.74) is 0.631. The molecule has 5 N–H and O–H groups in total. The quantitative estimate of drug-likeness (QED) is 0.472. The van der Waals surface area contributed by atoms with Crippen molar-refractivity contribution in [1.29, 1.82) is 0 Å². The maximum Gasteiger partial charge on any atom is 0.330 e. The van der Waals surface area contributed by atoms with Crippen molar-refractivity contribution in [3.63, 3.8) is 0 Å². The van der Waals surface area contributed by atoms with Gasteiger partial charge in [-0.15, -0.1) is 0 Å². The Bertz CT molecular complexity index is 758. The number of carbonyl (C=O) groups excluding carboxylic acids is 2. The summed E-state index contributed by atoms with van der Waals surface area (Å²) >= 11 is 0. The molecule has 8 nitrogen and oxygen atoms in total. The fourth-order valence-corrected chi connectivity index (χ4v) is 2.24. The minimum Gasteiger partial charge on any atom is -0.508 e. The van der Waals surface area contributed by atoms with Gasteiger partial charge in [-0.2, -0.15) is 0 Å². The maximum absolute atomic E-state index is 12.5. The molecule has 8 heteroatoms. The third kappa shape index (κ3) is 4.47. The van der Waals surface area contributed by atoms with Crippen LogP contribution in [0.15, 0.2) is 48.5 Å². The molecule has 0 aromatic heterocycles. The highest BCUT2D eigenvalue weighted by Crippen LogP contribution is 2.21. The molecule has 0 radical (unpaired) electrons. The first-order chi connectivity index (χ1) is 11.9. The zero-order valence-corrected chi connectivity index (χ0v) is 12.9. The molecular formula is C17H16N2O6. The van der Waals surface area contributed by atoms with Crippen LogP contribution in [0.25, 0.3) is 0 Å². The van der Waals surface area contributed by atoms with Crippen molar-refractivity contribution in [3.05, 3.63) is 59.7 Å². The van der Waals surface area contributed by atoms with Crippen LogP contribution in [0.4, 0.5) is 0 Å². The van der Waals surface area contributed by atoms with E-state index in [1.165, 1.54) is 48.5 Å². The van der Waals surface area contributed by atoms with Gasteiger partial charge in [-0.25, -0.2) is 4.79 Å². The summed E-state index contributed by atoms with van der Waals surface area (Å²) in [5.74, 6) is -2.09. The van der Waals surface area contributed by atoms with Gasteiger partial charge in [0, 0.05) is 0 Å². The van der Waals surface area contributed by atoms with E-state index in [-0.39, 0.29) is 17.1 Å². The molecule has 0 heterocycles. The van der Waals surface area contributed by atoms with Gasteiger partial charge in [0.05, 0.1) is 0 Å². The molecule has 0 aliphatic heterocycles. The molecule has 2 atom stereocenters. The van der Waals surface area contributed by atoms with Crippen molar-refractivity contribution < 1.29 is 29.7 Å². The number of rotatable bonds is 7. The Morgan fingerprint density at radius 2 is 1.28 bits per heavy atom. The minimum absolute atomic E-state index is 0.0125. The number of amides is 2. The van der Waals surface area contributed by atoms with E-state index < -0.39 is 24.0 Å². The molecule has 2 aromatic rings. The monoisotopic (exact) mass is 344 g/mol. The second kappa shape index (κ2) is 7.82. The lowest BCUT2D eigenvalue weighted by molar-refractivity contribution is -0.142. The number of carboxylic acids is 1. The summed E-state index contributed by atoms with van der Waals surface area (Å²) in [4.78, 5) is 34.8. The summed E-state index contributed by atoms with van der Waals surface area (Å²) in [7, 11) is 0. The van der Waals surface area contributed by atoms with Crippen LogP contribution in [0.3, 0.4) is 0 Å². The molecule has 0 saturated carbocycles. The van der Waals surface area contributed by atoms with Gasteiger partial charge in [0.1, 0.15) is 17.5 Å². The van der Waals surface area contributed by atoms with E-state index in [0.29, 0.717) is 12.0 Å². The second-order valence-electron chi connectivity index (χ2n) is 5.18. The lowest BCUT2D eigenvalue weighted by atomic mass is 10.0. The highest BCUT2D eigenvalue weighted by Gasteiger charge is 2.27. The molecule has 0 saturated heterocycles. The highest BCUT2D eigenvalue weighted by molar-refractivity contribution is 5.89. The van der Waals surface area contributed by atoms with E-state index in [9.17, 15) is 29.7 Å². The molecule has 2 aromatic carbocycles. The van der Waals surface area contributed by atoms with E-state index in [1.54, 1.807) is 0 Å². The molecular weight excluding hydrogens is 328 g/mol. The molecule has 0 fully saturated rings. The smallest absolute Gasteiger partial charge is 0.330 e. The Hall–Kier alpha value is -3.55. The van der Waals surface area contributed by atoms with Gasteiger partial charge in [0.25, 0.3) is 0 Å². The topological polar surface area (TPSA) is 136 Å². The molecule has 0 bridgehead atoms. The molecule has 0 aliphatic carbocycles. The molecule has 2 amide bonds. The van der Waals surface area contributed by atoms with Crippen LogP contribution in [0.5, 0.6) is 11.5 Å². The minimum atomic E-state index is -1.36. The van der Waals surface area contributed by atoms with E-state index >= 15 is 0 Å². The molecule has 0 spiro atoms. The van der Waals surface area contributed by atoms with Crippen molar-refractivity contribution >= 4 is 18.3 Å². The van der Waals surface area contributed by atoms with Crippen molar-refractivity contribution in [3.8, 4) is 11.5 Å². The van der Waals surface area contributed by atoms with Gasteiger partial charge >= 0.3 is 5.97 Å². The number of aromatic hydroxyl groups is 2. The number of carboxylic acid groups (broad SMARTS) is 1. The SMILES string of the molecule is O=CNC(C(=O)NC(C(=O)O)c1ccc(O)cc1)c1ccc(O)cc1. The first kappa shape index (κ1) is 17.8. The van der Waals surface area contributed by atoms with Crippen LogP contribution in [0.1, 0.15) is 23.2 Å². The summed E-state index contributed by atoms with van der Waals surface area (Å²) in [5, 5.41) is 32.6. The summed E-state index contributed by atoms with van der Waals surface area (Å²) in [6.45, 7) is 0. The second-order valence-corrected chi connectivity index (χ2v) is 5.18. The fraction of sp³-hybridized carbons (Fsp3) is 0.118. The zero-order valence-electron chi connectivity index (χ0n) is 12.9. The number of phenolic OH excluding ortho intramolecular Hbond substituents is 2. The average Bonchev–Trinajstić information content (AvgIpc) is 2.59. The Balaban J connectivity index is 2.25. The van der Waals surface area contributed by atoms with Crippen molar-refractivity contribution in [2.75, 3.05) is 0 Å². The van der Waals surface area contributed by atoms with Crippen molar-refractivity contribution in [2.45, 2.75) is 12.1 Å². The van der Waals surface area contributed by atoms with Gasteiger partial charge in [0.2, 0.25) is 12.3 Å². The van der Waals surface area contributed by atoms with Crippen LogP contribution in [-0.4, -0.2) is 33.6 Å². The van der Waals surface area contributed by atoms with Crippen LogP contribution in [0.2, 0.25) is 0 Å². The highest BCUT2D eigenvalue weighted by atomic mass is 16.4. The first-order valence-electron chi connectivity index (χ1n) is 7.23. The first-order valence-corrected chi connectivity index (χ1v) is 7.23. The largest absolute Gasteiger partial charge is 0.508 e. The van der Waals surface area contributed by atoms with Gasteiger partial charge in [-0.1, -0.05) is 24.3 Å². The maximum atomic E-state index is 12.5. The van der Waals surface area contributed by atoms with Gasteiger partial charge in [0.15, 0.2) is 6.04 Å². The number of hydrogen-bond acceptors (Lipinski definition) is 5. The lowest BCUT2D eigenvalue weighted by Crippen LogP contribution is -2.41. The molecule has 2 unspecified atom stereocenters. The Kier molecular flexibility index (Phi) is 5.57. The number of carbonyl (C=O) groups is 3. The number of hydrogen-bond donors (Lipinski definition) is 5. The fourth-order valence-electron chi connectivity index (χ4n) is 2.24. The zero-order chi connectivity index (χ0) is 18.4.